The Labute approximate surface area is 142 Å². The third kappa shape index (κ3) is 2.04. The number of hydrogen-bond acceptors (Lipinski definition) is 3. The lowest BCUT2D eigenvalue weighted by molar-refractivity contribution is 1.33. The van der Waals surface area contributed by atoms with E-state index in [1.807, 2.05) is 30.5 Å². The zero-order valence-electron chi connectivity index (χ0n) is 13.2. The first-order valence-corrected chi connectivity index (χ1v) is 8.05. The summed E-state index contributed by atoms with van der Waals surface area (Å²) in [5.74, 6) is 0. The highest BCUT2D eigenvalue weighted by Crippen LogP contribution is 2.33. The molecule has 5 rings (SSSR count). The maximum atomic E-state index is 12.2. The molecule has 0 aliphatic rings. The highest BCUT2D eigenvalue weighted by molar-refractivity contribution is 6.19. The van der Waals surface area contributed by atoms with Gasteiger partial charge in [-0.25, -0.2) is 0 Å². The first kappa shape index (κ1) is 13.9. The van der Waals surface area contributed by atoms with E-state index in [0.29, 0.717) is 5.39 Å². The number of benzene rings is 2. The summed E-state index contributed by atoms with van der Waals surface area (Å²) < 4.78 is 0. The molecule has 0 amide bonds. The second-order valence-electron chi connectivity index (χ2n) is 5.98. The van der Waals surface area contributed by atoms with Gasteiger partial charge in [-0.3, -0.25) is 14.8 Å². The first-order chi connectivity index (χ1) is 12.3. The van der Waals surface area contributed by atoms with Crippen LogP contribution in [0.1, 0.15) is 0 Å². The topological polar surface area (TPSA) is 58.6 Å². The molecule has 1 N–H and O–H groups in total. The number of pyridine rings is 3. The van der Waals surface area contributed by atoms with Gasteiger partial charge >= 0.3 is 0 Å². The van der Waals surface area contributed by atoms with Crippen molar-refractivity contribution in [3.63, 3.8) is 0 Å². The zero-order chi connectivity index (χ0) is 16.8. The van der Waals surface area contributed by atoms with Crippen LogP contribution in [-0.2, 0) is 0 Å². The van der Waals surface area contributed by atoms with Crippen LogP contribution in [0.2, 0.25) is 0 Å². The molecule has 0 fully saturated rings. The Morgan fingerprint density at radius 1 is 0.800 bits per heavy atom. The standard InChI is InChI=1S/C21H13N3O/c25-18-8-12-24-21-17(18)4-2-14-1-3-16-15(13-5-9-22-10-6-13)7-11-23-20(16)19(14)21/h1-12,23H. The van der Waals surface area contributed by atoms with E-state index in [1.54, 1.807) is 18.6 Å². The second-order valence-corrected chi connectivity index (χ2v) is 5.98. The fraction of sp³-hybridized carbons (Fsp3) is 0. The fourth-order valence-electron chi connectivity index (χ4n) is 3.46. The van der Waals surface area contributed by atoms with Gasteiger partial charge in [0.1, 0.15) is 0 Å². The number of fused-ring (bicyclic) bond motifs is 5. The molecule has 4 nitrogen and oxygen atoms in total. The molecule has 3 aromatic heterocycles. The second kappa shape index (κ2) is 5.24. The van der Waals surface area contributed by atoms with E-state index in [2.05, 4.69) is 33.2 Å². The van der Waals surface area contributed by atoms with E-state index in [4.69, 9.17) is 0 Å². The molecule has 0 bridgehead atoms. The average Bonchev–Trinajstić information content (AvgIpc) is 2.68. The Balaban J connectivity index is 1.99. The third-order valence-corrected chi connectivity index (χ3v) is 4.61. The number of hydrogen-bond donors (Lipinski definition) is 1. The van der Waals surface area contributed by atoms with Gasteiger partial charge in [-0.1, -0.05) is 18.2 Å². The maximum absolute atomic E-state index is 12.2. The number of nitrogens with zero attached hydrogens (tertiary/aromatic N) is 2. The summed E-state index contributed by atoms with van der Waals surface area (Å²) in [6, 6.07) is 15.6. The predicted molar refractivity (Wildman–Crippen MR) is 101 cm³/mol. The highest BCUT2D eigenvalue weighted by Gasteiger charge is 2.11. The van der Waals surface area contributed by atoms with Crippen LogP contribution in [0.4, 0.5) is 0 Å². The molecule has 0 aliphatic heterocycles. The Morgan fingerprint density at radius 2 is 1.60 bits per heavy atom. The van der Waals surface area contributed by atoms with Crippen LogP contribution in [0.5, 0.6) is 0 Å². The van der Waals surface area contributed by atoms with Crippen molar-refractivity contribution in [2.45, 2.75) is 0 Å². The summed E-state index contributed by atoms with van der Waals surface area (Å²) >= 11 is 0. The van der Waals surface area contributed by atoms with Crippen LogP contribution < -0.4 is 5.43 Å². The molecule has 118 valence electrons. The number of nitrogens with one attached hydrogen (secondary N) is 1. The minimum atomic E-state index is -0.00538. The molecule has 0 atom stereocenters. The fourth-order valence-corrected chi connectivity index (χ4v) is 3.46. The lowest BCUT2D eigenvalue weighted by atomic mass is 9.97. The van der Waals surface area contributed by atoms with Gasteiger partial charge in [-0.05, 0) is 40.8 Å². The van der Waals surface area contributed by atoms with E-state index >= 15 is 0 Å². The van der Waals surface area contributed by atoms with Crippen molar-refractivity contribution in [1.82, 2.24) is 15.0 Å². The minimum absolute atomic E-state index is 0.00538. The van der Waals surface area contributed by atoms with Gasteiger partial charge in [-0.2, -0.15) is 0 Å². The molecular formula is C21H13N3O. The van der Waals surface area contributed by atoms with Gasteiger partial charge in [0, 0.05) is 47.0 Å². The van der Waals surface area contributed by atoms with Crippen molar-refractivity contribution in [3.8, 4) is 11.1 Å². The van der Waals surface area contributed by atoms with Crippen LogP contribution >= 0.6 is 0 Å². The Hall–Kier alpha value is -3.53. The van der Waals surface area contributed by atoms with E-state index in [0.717, 1.165) is 38.3 Å². The average molecular weight is 323 g/mol. The van der Waals surface area contributed by atoms with Crippen LogP contribution in [-0.4, -0.2) is 15.0 Å². The minimum Gasteiger partial charge on any atom is -0.361 e. The Morgan fingerprint density at radius 3 is 2.44 bits per heavy atom. The van der Waals surface area contributed by atoms with E-state index in [1.165, 1.54) is 6.07 Å². The number of aromatic amines is 1. The van der Waals surface area contributed by atoms with E-state index in [-0.39, 0.29) is 5.43 Å². The van der Waals surface area contributed by atoms with Crippen LogP contribution in [0.3, 0.4) is 0 Å². The molecule has 3 heterocycles. The van der Waals surface area contributed by atoms with E-state index in [9.17, 15) is 4.79 Å². The van der Waals surface area contributed by atoms with E-state index < -0.39 is 0 Å². The highest BCUT2D eigenvalue weighted by atomic mass is 16.1. The number of H-pyrrole nitrogens is 1. The summed E-state index contributed by atoms with van der Waals surface area (Å²) in [6.07, 6.45) is 7.09. The van der Waals surface area contributed by atoms with Gasteiger partial charge in [0.2, 0.25) is 0 Å². The molecular weight excluding hydrogens is 310 g/mol. The van der Waals surface area contributed by atoms with Crippen LogP contribution in [0, 0.1) is 0 Å². The lowest BCUT2D eigenvalue weighted by Gasteiger charge is -2.11. The summed E-state index contributed by atoms with van der Waals surface area (Å²) in [7, 11) is 0. The molecule has 0 unspecified atom stereocenters. The molecule has 5 aromatic rings. The van der Waals surface area contributed by atoms with Gasteiger partial charge < -0.3 is 4.98 Å². The Bertz CT molecular complexity index is 1310. The van der Waals surface area contributed by atoms with Gasteiger partial charge in [0.25, 0.3) is 0 Å². The van der Waals surface area contributed by atoms with Crippen molar-refractivity contribution in [1.29, 1.82) is 0 Å². The largest absolute Gasteiger partial charge is 0.361 e. The summed E-state index contributed by atoms with van der Waals surface area (Å²) in [5, 5.41) is 3.77. The molecule has 0 saturated heterocycles. The smallest absolute Gasteiger partial charge is 0.189 e. The van der Waals surface area contributed by atoms with Crippen LogP contribution in [0.25, 0.3) is 43.7 Å². The summed E-state index contributed by atoms with van der Waals surface area (Å²) in [6.45, 7) is 0. The molecule has 2 aromatic carbocycles. The first-order valence-electron chi connectivity index (χ1n) is 8.05. The quantitative estimate of drug-likeness (QED) is 0.468. The van der Waals surface area contributed by atoms with Crippen molar-refractivity contribution < 1.29 is 0 Å². The maximum Gasteiger partial charge on any atom is 0.189 e. The SMILES string of the molecule is O=c1ccnc2c1ccc1ccc3c(-c4ccncc4)cc[nH]c3c12. The Kier molecular flexibility index (Phi) is 2.91. The van der Waals surface area contributed by atoms with Gasteiger partial charge in [-0.15, -0.1) is 0 Å². The summed E-state index contributed by atoms with van der Waals surface area (Å²) in [4.78, 5) is 24.1. The van der Waals surface area contributed by atoms with Crippen molar-refractivity contribution in [3.05, 3.63) is 83.5 Å². The molecule has 0 radical (unpaired) electrons. The predicted octanol–water partition coefficient (Wildman–Crippen LogP) is 4.29. The zero-order valence-corrected chi connectivity index (χ0v) is 13.2. The molecule has 4 heteroatoms. The van der Waals surface area contributed by atoms with Crippen molar-refractivity contribution >= 4 is 32.6 Å². The number of rotatable bonds is 1. The molecule has 0 spiro atoms. The molecule has 0 saturated carbocycles. The number of aromatic nitrogens is 3. The van der Waals surface area contributed by atoms with Gasteiger partial charge in [0.15, 0.2) is 5.43 Å². The van der Waals surface area contributed by atoms with Crippen molar-refractivity contribution in [2.24, 2.45) is 0 Å². The van der Waals surface area contributed by atoms with Gasteiger partial charge in [0.05, 0.1) is 11.0 Å². The molecule has 0 aliphatic carbocycles. The van der Waals surface area contributed by atoms with Crippen molar-refractivity contribution in [2.75, 3.05) is 0 Å². The lowest BCUT2D eigenvalue weighted by Crippen LogP contribution is -2.00. The molecule has 25 heavy (non-hydrogen) atoms. The normalized spacial score (nSPS) is 11.4. The van der Waals surface area contributed by atoms with Crippen LogP contribution in [0.15, 0.2) is 78.1 Å². The third-order valence-electron chi connectivity index (χ3n) is 4.61. The monoisotopic (exact) mass is 323 g/mol. The summed E-state index contributed by atoms with van der Waals surface area (Å²) in [5.41, 5.74) is 3.93.